The van der Waals surface area contributed by atoms with Gasteiger partial charge in [-0.25, -0.2) is 9.29 Å². The highest BCUT2D eigenvalue weighted by Gasteiger charge is 2.44. The van der Waals surface area contributed by atoms with Crippen LogP contribution < -0.4 is 14.4 Å². The summed E-state index contributed by atoms with van der Waals surface area (Å²) in [6.07, 6.45) is 0. The first-order chi connectivity index (χ1) is 16.0. The fraction of sp³-hybridized carbons (Fsp3) is 0.333. The number of ether oxygens (including phenoxy) is 2. The third-order valence-electron chi connectivity index (χ3n) is 5.93. The number of rotatable bonds is 7. The molecule has 174 valence electrons. The monoisotopic (exact) mass is 455 g/mol. The van der Waals surface area contributed by atoms with Gasteiger partial charge in [0, 0.05) is 32.7 Å². The molecule has 0 spiro atoms. The highest BCUT2D eigenvalue weighted by atomic mass is 19.1. The van der Waals surface area contributed by atoms with Crippen molar-refractivity contribution in [3.8, 4) is 11.5 Å². The van der Waals surface area contributed by atoms with Gasteiger partial charge in [0.15, 0.2) is 11.5 Å². The Balaban J connectivity index is 1.79. The molecule has 2 aromatic carbocycles. The largest absolute Gasteiger partial charge is 0.493 e. The number of para-hydroxylation sites is 1. The van der Waals surface area contributed by atoms with Gasteiger partial charge >= 0.3 is 0 Å². The summed E-state index contributed by atoms with van der Waals surface area (Å²) in [4.78, 5) is 32.0. The number of hydrogen-bond donors (Lipinski definition) is 1. The number of imide groups is 1. The maximum atomic E-state index is 14.6. The smallest absolute Gasteiger partial charge is 0.282 e. The van der Waals surface area contributed by atoms with Crippen LogP contribution in [0.1, 0.15) is 5.56 Å². The van der Waals surface area contributed by atoms with Crippen molar-refractivity contribution in [2.45, 2.75) is 0 Å². The molecule has 2 aliphatic heterocycles. The van der Waals surface area contributed by atoms with E-state index < -0.39 is 17.6 Å². The van der Waals surface area contributed by atoms with Gasteiger partial charge in [-0.05, 0) is 29.8 Å². The van der Waals surface area contributed by atoms with Gasteiger partial charge in [0.05, 0.1) is 32.1 Å². The summed E-state index contributed by atoms with van der Waals surface area (Å²) in [5.74, 6) is -0.904. The van der Waals surface area contributed by atoms with Gasteiger partial charge in [0.1, 0.15) is 11.5 Å². The van der Waals surface area contributed by atoms with Crippen LogP contribution >= 0.6 is 0 Å². The molecule has 0 unspecified atom stereocenters. The van der Waals surface area contributed by atoms with Crippen LogP contribution in [0.5, 0.6) is 11.5 Å². The van der Waals surface area contributed by atoms with Gasteiger partial charge in [0.25, 0.3) is 11.8 Å². The van der Waals surface area contributed by atoms with Gasteiger partial charge in [-0.3, -0.25) is 14.5 Å². The Morgan fingerprint density at radius 2 is 1.64 bits per heavy atom. The normalized spacial score (nSPS) is 17.2. The van der Waals surface area contributed by atoms with Crippen molar-refractivity contribution in [2.24, 2.45) is 0 Å². The van der Waals surface area contributed by atoms with E-state index in [9.17, 15) is 19.1 Å². The van der Waals surface area contributed by atoms with Crippen LogP contribution in [0, 0.1) is 5.82 Å². The van der Waals surface area contributed by atoms with Gasteiger partial charge < -0.3 is 19.5 Å². The molecule has 0 aromatic heterocycles. The first-order valence-electron chi connectivity index (χ1n) is 10.7. The van der Waals surface area contributed by atoms with E-state index in [2.05, 4.69) is 4.90 Å². The van der Waals surface area contributed by atoms with Crippen molar-refractivity contribution in [2.75, 3.05) is 58.5 Å². The Labute approximate surface area is 191 Å². The number of aliphatic hydroxyl groups is 1. The molecule has 9 heteroatoms. The zero-order valence-electron chi connectivity index (χ0n) is 18.6. The SMILES string of the molecule is COc1ccc(C2=C(N3CCN(CCO)CC3)C(=O)N(c3ccccc3F)C2=O)cc1OC. The fourth-order valence-corrected chi connectivity index (χ4v) is 4.25. The highest BCUT2D eigenvalue weighted by molar-refractivity contribution is 6.45. The molecule has 2 amide bonds. The number of halogens is 1. The minimum absolute atomic E-state index is 0.0536. The topological polar surface area (TPSA) is 82.5 Å². The zero-order valence-corrected chi connectivity index (χ0v) is 18.6. The number of piperazine rings is 1. The van der Waals surface area contributed by atoms with Crippen molar-refractivity contribution >= 4 is 23.1 Å². The third kappa shape index (κ3) is 4.17. The van der Waals surface area contributed by atoms with E-state index >= 15 is 0 Å². The molecule has 0 saturated carbocycles. The molecule has 0 radical (unpaired) electrons. The Morgan fingerprint density at radius 1 is 0.939 bits per heavy atom. The maximum Gasteiger partial charge on any atom is 0.282 e. The number of nitrogens with zero attached hydrogens (tertiary/aromatic N) is 3. The quantitative estimate of drug-likeness (QED) is 0.637. The summed E-state index contributed by atoms with van der Waals surface area (Å²) >= 11 is 0. The predicted molar refractivity (Wildman–Crippen MR) is 120 cm³/mol. The first-order valence-corrected chi connectivity index (χ1v) is 10.7. The number of anilines is 1. The van der Waals surface area contributed by atoms with Crippen molar-refractivity contribution in [1.82, 2.24) is 9.80 Å². The molecule has 2 heterocycles. The number of β-amino-alcohol motifs (C(OH)–C–C–N with tert-alkyl or cyclic N) is 1. The molecule has 4 rings (SSSR count). The Morgan fingerprint density at radius 3 is 2.27 bits per heavy atom. The lowest BCUT2D eigenvalue weighted by Crippen LogP contribution is -2.48. The Hall–Kier alpha value is -3.43. The minimum atomic E-state index is -0.653. The molecule has 1 saturated heterocycles. The van der Waals surface area contributed by atoms with Crippen molar-refractivity contribution in [3.05, 3.63) is 59.5 Å². The molecular formula is C24H26FN3O5. The van der Waals surface area contributed by atoms with Gasteiger partial charge in [-0.2, -0.15) is 0 Å². The average molecular weight is 455 g/mol. The van der Waals surface area contributed by atoms with E-state index in [-0.39, 0.29) is 23.6 Å². The van der Waals surface area contributed by atoms with Gasteiger partial charge in [0.2, 0.25) is 0 Å². The fourth-order valence-electron chi connectivity index (χ4n) is 4.25. The summed E-state index contributed by atoms with van der Waals surface area (Å²) < 4.78 is 25.3. The van der Waals surface area contributed by atoms with Gasteiger partial charge in [-0.15, -0.1) is 0 Å². The van der Waals surface area contributed by atoms with E-state index in [1.54, 1.807) is 24.3 Å². The minimum Gasteiger partial charge on any atom is -0.493 e. The molecule has 8 nitrogen and oxygen atoms in total. The lowest BCUT2D eigenvalue weighted by molar-refractivity contribution is -0.120. The van der Waals surface area contributed by atoms with E-state index in [1.165, 1.54) is 32.4 Å². The summed E-state index contributed by atoms with van der Waals surface area (Å²) in [5.41, 5.74) is 0.830. The lowest BCUT2D eigenvalue weighted by atomic mass is 10.0. The Kier molecular flexibility index (Phi) is 6.62. The number of carbonyl (C=O) groups excluding carboxylic acids is 2. The second-order valence-corrected chi connectivity index (χ2v) is 7.74. The molecule has 0 atom stereocenters. The van der Waals surface area contributed by atoms with E-state index in [0.29, 0.717) is 49.8 Å². The number of amides is 2. The summed E-state index contributed by atoms with van der Waals surface area (Å²) in [5, 5.41) is 9.21. The van der Waals surface area contributed by atoms with Crippen LogP contribution in [0.2, 0.25) is 0 Å². The summed E-state index contributed by atoms with van der Waals surface area (Å²) in [6.45, 7) is 2.85. The second-order valence-electron chi connectivity index (χ2n) is 7.74. The predicted octanol–water partition coefficient (Wildman–Crippen LogP) is 1.74. The number of methoxy groups -OCH3 is 2. The molecular weight excluding hydrogens is 429 g/mol. The zero-order chi connectivity index (χ0) is 23.5. The molecule has 0 bridgehead atoms. The molecule has 1 fully saturated rings. The van der Waals surface area contributed by atoms with Crippen LogP contribution in [0.4, 0.5) is 10.1 Å². The number of aliphatic hydroxyl groups excluding tert-OH is 1. The van der Waals surface area contributed by atoms with Crippen molar-refractivity contribution in [1.29, 1.82) is 0 Å². The van der Waals surface area contributed by atoms with Crippen LogP contribution in [0.25, 0.3) is 5.57 Å². The molecule has 33 heavy (non-hydrogen) atoms. The molecule has 1 N–H and O–H groups in total. The standard InChI is InChI=1S/C24H26FN3O5/c1-32-19-8-7-16(15-20(19)33-2)21-22(27-11-9-26(10-12-27)13-14-29)24(31)28(23(21)30)18-6-4-3-5-17(18)25/h3-8,15,29H,9-14H2,1-2H3. The number of carbonyl (C=O) groups is 2. The molecule has 2 aliphatic rings. The van der Waals surface area contributed by atoms with E-state index in [4.69, 9.17) is 9.47 Å². The van der Waals surface area contributed by atoms with Crippen molar-refractivity contribution < 1.29 is 28.6 Å². The number of hydrogen-bond acceptors (Lipinski definition) is 7. The lowest BCUT2D eigenvalue weighted by Gasteiger charge is -2.36. The van der Waals surface area contributed by atoms with Crippen LogP contribution in [0.15, 0.2) is 48.2 Å². The van der Waals surface area contributed by atoms with E-state index in [1.807, 2.05) is 4.90 Å². The summed E-state index contributed by atoms with van der Waals surface area (Å²) in [6, 6.07) is 10.7. The maximum absolute atomic E-state index is 14.6. The van der Waals surface area contributed by atoms with Crippen molar-refractivity contribution in [3.63, 3.8) is 0 Å². The van der Waals surface area contributed by atoms with Crippen LogP contribution in [0.3, 0.4) is 0 Å². The average Bonchev–Trinajstić information content (AvgIpc) is 3.09. The van der Waals surface area contributed by atoms with Gasteiger partial charge in [-0.1, -0.05) is 18.2 Å². The van der Waals surface area contributed by atoms with Crippen LogP contribution in [-0.4, -0.2) is 80.3 Å². The van der Waals surface area contributed by atoms with E-state index in [0.717, 1.165) is 4.90 Å². The Bertz CT molecular complexity index is 1100. The highest BCUT2D eigenvalue weighted by Crippen LogP contribution is 2.38. The third-order valence-corrected chi connectivity index (χ3v) is 5.93. The van der Waals surface area contributed by atoms with Crippen LogP contribution in [-0.2, 0) is 9.59 Å². The first kappa shape index (κ1) is 22.8. The second kappa shape index (κ2) is 9.60. The summed E-state index contributed by atoms with van der Waals surface area (Å²) in [7, 11) is 3.00. The number of benzene rings is 2. The molecule has 2 aromatic rings. The molecule has 0 aliphatic carbocycles.